The molecule has 0 spiro atoms. The van der Waals surface area contributed by atoms with E-state index < -0.39 is 0 Å². The van der Waals surface area contributed by atoms with E-state index in [0.29, 0.717) is 137 Å². The Labute approximate surface area is 367 Å². The van der Waals surface area contributed by atoms with Gasteiger partial charge in [0, 0.05) is 61.8 Å². The molecule has 0 saturated carbocycles. The Bertz CT molecular complexity index is 2320. The Morgan fingerprint density at radius 1 is 0.540 bits per heavy atom. The molecule has 4 aliphatic heterocycles. The molecule has 4 heterocycles. The summed E-state index contributed by atoms with van der Waals surface area (Å²) in [7, 11) is 3.09. The van der Waals surface area contributed by atoms with Gasteiger partial charge in [0.2, 0.25) is 0 Å². The Balaban J connectivity index is 0.805. The molecule has 332 valence electrons. The maximum Gasteiger partial charge on any atom is 0.261 e. The van der Waals surface area contributed by atoms with Gasteiger partial charge in [-0.05, 0) is 53.9 Å². The largest absolute Gasteiger partial charge is 0.493 e. The predicted octanol–water partition coefficient (Wildman–Crippen LogP) is 6.98. The van der Waals surface area contributed by atoms with Crippen molar-refractivity contribution in [3.8, 4) is 28.7 Å². The van der Waals surface area contributed by atoms with Crippen LogP contribution in [0.4, 0.5) is 22.7 Å². The average Bonchev–Trinajstić information content (AvgIpc) is 3.79. The summed E-state index contributed by atoms with van der Waals surface area (Å²) in [5.74, 6) is 2.22. The number of para-hydroxylation sites is 1. The Kier molecular flexibility index (Phi) is 14.5. The summed E-state index contributed by atoms with van der Waals surface area (Å²) in [6.07, 6.45) is 6.48. The third kappa shape index (κ3) is 9.97. The molecular weight excluding hydrogens is 809 g/mol. The lowest BCUT2D eigenvalue weighted by Gasteiger charge is -2.22. The summed E-state index contributed by atoms with van der Waals surface area (Å²) in [4.78, 5) is 40.9. The molecule has 2 atom stereocenters. The second kappa shape index (κ2) is 20.9. The number of rotatable bonds is 23. The number of ether oxygens (including phenoxy) is 9. The number of carbonyl (C=O) groups is 2. The van der Waals surface area contributed by atoms with Gasteiger partial charge in [0.05, 0.1) is 108 Å². The van der Waals surface area contributed by atoms with Gasteiger partial charge < -0.3 is 42.6 Å². The molecule has 0 bridgehead atoms. The van der Waals surface area contributed by atoms with Crippen LogP contribution in [0, 0.1) is 0 Å². The first-order chi connectivity index (χ1) is 31.0. The van der Waals surface area contributed by atoms with Gasteiger partial charge in [-0.25, -0.2) is 0 Å². The van der Waals surface area contributed by atoms with Crippen molar-refractivity contribution in [2.45, 2.75) is 44.7 Å². The molecular formula is C48H54N4O11. The molecule has 8 rings (SSSR count). The van der Waals surface area contributed by atoms with E-state index in [2.05, 4.69) is 6.92 Å². The molecule has 2 amide bonds. The van der Waals surface area contributed by atoms with Crippen LogP contribution in [0.1, 0.15) is 51.6 Å². The topological polar surface area (TPSA) is 148 Å². The van der Waals surface area contributed by atoms with Crippen LogP contribution in [0.2, 0.25) is 0 Å². The van der Waals surface area contributed by atoms with Crippen LogP contribution in [0.5, 0.6) is 28.7 Å². The van der Waals surface area contributed by atoms with E-state index in [1.165, 1.54) is 0 Å². The van der Waals surface area contributed by atoms with Gasteiger partial charge in [-0.3, -0.25) is 29.4 Å². The summed E-state index contributed by atoms with van der Waals surface area (Å²) in [5.41, 5.74) is 5.75. The number of fused-ring (bicyclic) bond motifs is 8. The Hall–Kier alpha value is -6.00. The van der Waals surface area contributed by atoms with E-state index in [1.807, 2.05) is 54.9 Å². The monoisotopic (exact) mass is 862 g/mol. The van der Waals surface area contributed by atoms with Crippen molar-refractivity contribution < 1.29 is 52.2 Å². The SMILES string of the molecule is CCCOCCOCCOCCOCCOc1ccc2c(c1)C[C@H]1C=Nc3cc(OCCCOc4cc5c(cc4OC)C(=O)N4c6ccccc6C[C@H]4C=N5)c(OC)cc3C(=O)N21. The molecule has 15 heteroatoms. The molecule has 0 aliphatic carbocycles. The van der Waals surface area contributed by atoms with Gasteiger partial charge in [0.15, 0.2) is 23.0 Å². The summed E-state index contributed by atoms with van der Waals surface area (Å²) >= 11 is 0. The zero-order valence-electron chi connectivity index (χ0n) is 36.0. The molecule has 0 aromatic heterocycles. The zero-order valence-corrected chi connectivity index (χ0v) is 36.0. The molecule has 4 aromatic carbocycles. The third-order valence-corrected chi connectivity index (χ3v) is 11.1. The number of amides is 2. The molecule has 63 heavy (non-hydrogen) atoms. The van der Waals surface area contributed by atoms with E-state index in [0.717, 1.165) is 35.5 Å². The fraction of sp³-hybridized carbons (Fsp3) is 0.417. The number of anilines is 2. The van der Waals surface area contributed by atoms with E-state index in [-0.39, 0.29) is 23.9 Å². The highest BCUT2D eigenvalue weighted by atomic mass is 16.6. The molecule has 0 saturated heterocycles. The van der Waals surface area contributed by atoms with Crippen molar-refractivity contribution >= 4 is 47.0 Å². The second-order valence-corrected chi connectivity index (χ2v) is 15.3. The van der Waals surface area contributed by atoms with Crippen molar-refractivity contribution in [2.24, 2.45) is 9.98 Å². The number of hydrogen-bond donors (Lipinski definition) is 0. The zero-order chi connectivity index (χ0) is 43.5. The average molecular weight is 863 g/mol. The van der Waals surface area contributed by atoms with E-state index in [9.17, 15) is 9.59 Å². The summed E-state index contributed by atoms with van der Waals surface area (Å²) in [6.45, 7) is 7.38. The van der Waals surface area contributed by atoms with Gasteiger partial charge in [0.25, 0.3) is 11.8 Å². The number of aliphatic imine (C=N–C) groups is 2. The van der Waals surface area contributed by atoms with Crippen LogP contribution < -0.4 is 33.5 Å². The molecule has 0 fully saturated rings. The first-order valence-electron chi connectivity index (χ1n) is 21.6. The number of hydrogen-bond acceptors (Lipinski definition) is 13. The van der Waals surface area contributed by atoms with Crippen molar-refractivity contribution in [2.75, 3.05) is 96.7 Å². The van der Waals surface area contributed by atoms with E-state index in [1.54, 1.807) is 48.3 Å². The van der Waals surface area contributed by atoms with Gasteiger partial charge in [-0.2, -0.15) is 0 Å². The predicted molar refractivity (Wildman–Crippen MR) is 238 cm³/mol. The Morgan fingerprint density at radius 2 is 1.05 bits per heavy atom. The van der Waals surface area contributed by atoms with Gasteiger partial charge in [0.1, 0.15) is 12.4 Å². The van der Waals surface area contributed by atoms with E-state index in [4.69, 9.17) is 52.6 Å². The van der Waals surface area contributed by atoms with Crippen LogP contribution in [0.3, 0.4) is 0 Å². The lowest BCUT2D eigenvalue weighted by atomic mass is 10.1. The summed E-state index contributed by atoms with van der Waals surface area (Å²) in [6, 6.07) is 20.2. The maximum absolute atomic E-state index is 14.1. The molecule has 4 aromatic rings. The molecule has 0 unspecified atom stereocenters. The quantitative estimate of drug-likeness (QED) is 0.0712. The number of benzene rings is 4. The maximum atomic E-state index is 14.1. The molecule has 0 radical (unpaired) electrons. The number of nitrogens with zero attached hydrogens (tertiary/aromatic N) is 4. The van der Waals surface area contributed by atoms with Crippen molar-refractivity contribution in [3.63, 3.8) is 0 Å². The van der Waals surface area contributed by atoms with Crippen LogP contribution in [0.25, 0.3) is 0 Å². The number of carbonyl (C=O) groups excluding carboxylic acids is 2. The minimum atomic E-state index is -0.256. The lowest BCUT2D eigenvalue weighted by Crippen LogP contribution is -2.37. The highest BCUT2D eigenvalue weighted by Crippen LogP contribution is 2.43. The first kappa shape index (κ1) is 43.6. The van der Waals surface area contributed by atoms with Crippen LogP contribution in [-0.4, -0.2) is 123 Å². The molecule has 15 nitrogen and oxygen atoms in total. The molecule has 4 aliphatic rings. The van der Waals surface area contributed by atoms with Crippen molar-refractivity contribution in [1.29, 1.82) is 0 Å². The third-order valence-electron chi connectivity index (χ3n) is 11.1. The van der Waals surface area contributed by atoms with Crippen molar-refractivity contribution in [1.82, 2.24) is 0 Å². The van der Waals surface area contributed by atoms with Gasteiger partial charge >= 0.3 is 0 Å². The Morgan fingerprint density at radius 3 is 1.60 bits per heavy atom. The van der Waals surface area contributed by atoms with Gasteiger partial charge in [-0.1, -0.05) is 25.1 Å². The normalized spacial score (nSPS) is 16.7. The standard InChI is InChI=1S/C48H54N4O11/c1-4-12-57-15-16-58-17-18-59-19-20-60-21-22-61-36-10-11-42-33(25-36)24-35-31-50-40-29-46(44(56-3)27-38(40)48(54)52(35)42)63-14-7-13-62-45-28-39-37(26-43(45)55-2)47(53)51-34(30-49-39)23-32-8-5-6-9-41(32)51/h5-6,8-11,25-31,34-35H,4,7,12-24H2,1-3H3/t34-,35-/m0/s1. The first-order valence-corrected chi connectivity index (χ1v) is 21.6. The van der Waals surface area contributed by atoms with E-state index >= 15 is 0 Å². The van der Waals surface area contributed by atoms with Crippen LogP contribution in [-0.2, 0) is 31.8 Å². The molecule has 0 N–H and O–H groups in total. The number of methoxy groups -OCH3 is 2. The van der Waals surface area contributed by atoms with Crippen molar-refractivity contribution in [3.05, 3.63) is 89.0 Å². The highest BCUT2D eigenvalue weighted by Gasteiger charge is 2.38. The minimum Gasteiger partial charge on any atom is -0.493 e. The van der Waals surface area contributed by atoms with Crippen LogP contribution in [0.15, 0.2) is 76.7 Å². The minimum absolute atomic E-state index is 0.125. The highest BCUT2D eigenvalue weighted by molar-refractivity contribution is 6.15. The van der Waals surface area contributed by atoms with Crippen LogP contribution >= 0.6 is 0 Å². The summed E-state index contributed by atoms with van der Waals surface area (Å²) < 4.78 is 51.7. The smallest absolute Gasteiger partial charge is 0.261 e. The fourth-order valence-electron chi connectivity index (χ4n) is 8.06. The second-order valence-electron chi connectivity index (χ2n) is 15.3. The lowest BCUT2D eigenvalue weighted by molar-refractivity contribution is -0.00450. The van der Waals surface area contributed by atoms with Gasteiger partial charge in [-0.15, -0.1) is 0 Å². The fourth-order valence-corrected chi connectivity index (χ4v) is 8.06. The summed E-state index contributed by atoms with van der Waals surface area (Å²) in [5, 5.41) is 0.